The Labute approximate surface area is 102 Å². The fourth-order valence-electron chi connectivity index (χ4n) is 2.08. The lowest BCUT2D eigenvalue weighted by molar-refractivity contribution is -0.130. The Morgan fingerprint density at radius 3 is 2.76 bits per heavy atom. The maximum Gasteiger partial charge on any atom is 0.241 e. The van der Waals surface area contributed by atoms with Crippen LogP contribution in [0.1, 0.15) is 19.3 Å². The van der Waals surface area contributed by atoms with E-state index in [1.54, 1.807) is 0 Å². The summed E-state index contributed by atoms with van der Waals surface area (Å²) in [6.07, 6.45) is 3.50. The van der Waals surface area contributed by atoms with Gasteiger partial charge < -0.3 is 16.0 Å². The largest absolute Gasteiger partial charge is 0.399 e. The molecule has 0 atom stereocenters. The zero-order valence-corrected chi connectivity index (χ0v) is 9.98. The Morgan fingerprint density at radius 1 is 1.29 bits per heavy atom. The normalized spacial score (nSPS) is 15.6. The summed E-state index contributed by atoms with van der Waals surface area (Å²) >= 11 is 0. The lowest BCUT2D eigenvalue weighted by atomic mass is 10.1. The van der Waals surface area contributed by atoms with Crippen LogP contribution < -0.4 is 11.1 Å². The number of benzene rings is 1. The summed E-state index contributed by atoms with van der Waals surface area (Å²) in [6.45, 7) is 2.15. The Hall–Kier alpha value is -1.71. The monoisotopic (exact) mass is 233 g/mol. The molecular formula is C13H19N3O. The van der Waals surface area contributed by atoms with E-state index in [0.29, 0.717) is 12.2 Å². The third-order valence-electron chi connectivity index (χ3n) is 3.04. The predicted molar refractivity (Wildman–Crippen MR) is 69.8 cm³/mol. The molecule has 1 amide bonds. The highest BCUT2D eigenvalue weighted by Crippen LogP contribution is 2.12. The van der Waals surface area contributed by atoms with Gasteiger partial charge in [0.05, 0.1) is 6.54 Å². The van der Waals surface area contributed by atoms with Gasteiger partial charge in [0.25, 0.3) is 0 Å². The van der Waals surface area contributed by atoms with Gasteiger partial charge in [-0.05, 0) is 37.5 Å². The first-order valence-corrected chi connectivity index (χ1v) is 6.13. The Morgan fingerprint density at radius 2 is 2.06 bits per heavy atom. The maximum atomic E-state index is 11.9. The quantitative estimate of drug-likeness (QED) is 0.781. The van der Waals surface area contributed by atoms with Crippen LogP contribution in [0, 0.1) is 0 Å². The Bertz CT molecular complexity index is 386. The van der Waals surface area contributed by atoms with Crippen molar-refractivity contribution in [1.82, 2.24) is 4.90 Å². The van der Waals surface area contributed by atoms with Crippen LogP contribution in [0.5, 0.6) is 0 Å². The molecule has 1 aromatic carbocycles. The van der Waals surface area contributed by atoms with Gasteiger partial charge in [0, 0.05) is 24.5 Å². The molecule has 1 saturated heterocycles. The highest BCUT2D eigenvalue weighted by Gasteiger charge is 2.15. The van der Waals surface area contributed by atoms with Crippen molar-refractivity contribution < 1.29 is 4.79 Å². The number of rotatable bonds is 3. The first-order valence-electron chi connectivity index (χ1n) is 6.13. The summed E-state index contributed by atoms with van der Waals surface area (Å²) in [4.78, 5) is 13.8. The number of hydrogen-bond acceptors (Lipinski definition) is 3. The molecule has 1 aromatic rings. The lowest BCUT2D eigenvalue weighted by Gasteiger charge is -2.26. The number of piperidine rings is 1. The molecule has 3 N–H and O–H groups in total. The van der Waals surface area contributed by atoms with Crippen molar-refractivity contribution in [3.63, 3.8) is 0 Å². The van der Waals surface area contributed by atoms with E-state index in [9.17, 15) is 4.79 Å². The molecule has 17 heavy (non-hydrogen) atoms. The lowest BCUT2D eigenvalue weighted by Crippen LogP contribution is -2.39. The maximum absolute atomic E-state index is 11.9. The second kappa shape index (κ2) is 5.57. The predicted octanol–water partition coefficient (Wildman–Crippen LogP) is 1.69. The van der Waals surface area contributed by atoms with Crippen LogP contribution in [0.3, 0.4) is 0 Å². The summed E-state index contributed by atoms with van der Waals surface area (Å²) in [5.41, 5.74) is 7.28. The van der Waals surface area contributed by atoms with Crippen molar-refractivity contribution in [2.45, 2.75) is 19.3 Å². The van der Waals surface area contributed by atoms with Crippen LogP contribution in [0.4, 0.5) is 11.4 Å². The first kappa shape index (κ1) is 11.8. The molecule has 0 bridgehead atoms. The number of amides is 1. The molecule has 0 aromatic heterocycles. The molecule has 1 aliphatic heterocycles. The summed E-state index contributed by atoms with van der Waals surface area (Å²) in [6, 6.07) is 7.46. The summed E-state index contributed by atoms with van der Waals surface area (Å²) in [7, 11) is 0. The number of anilines is 2. The summed E-state index contributed by atoms with van der Waals surface area (Å²) < 4.78 is 0. The van der Waals surface area contributed by atoms with E-state index in [2.05, 4.69) is 5.32 Å². The van der Waals surface area contributed by atoms with Crippen molar-refractivity contribution in [3.05, 3.63) is 24.3 Å². The highest BCUT2D eigenvalue weighted by molar-refractivity contribution is 5.81. The van der Waals surface area contributed by atoms with Gasteiger partial charge in [-0.2, -0.15) is 0 Å². The van der Waals surface area contributed by atoms with Crippen molar-refractivity contribution in [2.75, 3.05) is 30.7 Å². The van der Waals surface area contributed by atoms with Gasteiger partial charge in [-0.3, -0.25) is 4.79 Å². The molecular weight excluding hydrogens is 214 g/mol. The minimum absolute atomic E-state index is 0.173. The van der Waals surface area contributed by atoms with Gasteiger partial charge in [-0.25, -0.2) is 0 Å². The van der Waals surface area contributed by atoms with Crippen LogP contribution >= 0.6 is 0 Å². The van der Waals surface area contributed by atoms with Gasteiger partial charge in [0.1, 0.15) is 0 Å². The number of nitrogens with one attached hydrogen (secondary N) is 1. The third kappa shape index (κ3) is 3.37. The van der Waals surface area contributed by atoms with Crippen molar-refractivity contribution in [2.24, 2.45) is 0 Å². The number of nitrogens with zero attached hydrogens (tertiary/aromatic N) is 1. The van der Waals surface area contributed by atoms with E-state index < -0.39 is 0 Å². The molecule has 1 aliphatic rings. The molecule has 0 aliphatic carbocycles. The van der Waals surface area contributed by atoms with Gasteiger partial charge in [0.2, 0.25) is 5.91 Å². The molecule has 92 valence electrons. The third-order valence-corrected chi connectivity index (χ3v) is 3.04. The number of carbonyl (C=O) groups excluding carboxylic acids is 1. The van der Waals surface area contributed by atoms with Gasteiger partial charge >= 0.3 is 0 Å². The van der Waals surface area contributed by atoms with Gasteiger partial charge in [-0.15, -0.1) is 0 Å². The second-order valence-corrected chi connectivity index (χ2v) is 4.42. The molecule has 4 heteroatoms. The molecule has 1 heterocycles. The second-order valence-electron chi connectivity index (χ2n) is 4.42. The number of nitrogen functional groups attached to an aromatic ring is 1. The average molecular weight is 233 g/mol. The van der Waals surface area contributed by atoms with E-state index in [4.69, 9.17) is 5.73 Å². The fraction of sp³-hybridized carbons (Fsp3) is 0.462. The van der Waals surface area contributed by atoms with Crippen LogP contribution in [0.25, 0.3) is 0 Å². The fourth-order valence-corrected chi connectivity index (χ4v) is 2.08. The SMILES string of the molecule is Nc1cccc(NCC(=O)N2CCCCC2)c1. The van der Waals surface area contributed by atoms with Gasteiger partial charge in [0.15, 0.2) is 0 Å². The Kier molecular flexibility index (Phi) is 3.85. The molecule has 0 radical (unpaired) electrons. The van der Waals surface area contributed by atoms with E-state index in [0.717, 1.165) is 31.6 Å². The smallest absolute Gasteiger partial charge is 0.241 e. The zero-order valence-electron chi connectivity index (χ0n) is 9.98. The molecule has 4 nitrogen and oxygen atoms in total. The van der Waals surface area contributed by atoms with Crippen molar-refractivity contribution in [3.8, 4) is 0 Å². The van der Waals surface area contributed by atoms with E-state index >= 15 is 0 Å². The van der Waals surface area contributed by atoms with Crippen LogP contribution in [0.2, 0.25) is 0 Å². The van der Waals surface area contributed by atoms with Crippen LogP contribution in [-0.4, -0.2) is 30.4 Å². The van der Waals surface area contributed by atoms with Crippen LogP contribution in [-0.2, 0) is 4.79 Å². The van der Waals surface area contributed by atoms with E-state index in [1.165, 1.54) is 6.42 Å². The first-order chi connectivity index (χ1) is 8.25. The van der Waals surface area contributed by atoms with Crippen LogP contribution in [0.15, 0.2) is 24.3 Å². The molecule has 0 unspecified atom stereocenters. The van der Waals surface area contributed by atoms with Crippen molar-refractivity contribution >= 4 is 17.3 Å². The van der Waals surface area contributed by atoms with E-state index in [1.807, 2.05) is 29.2 Å². The number of hydrogen-bond donors (Lipinski definition) is 2. The minimum Gasteiger partial charge on any atom is -0.399 e. The highest BCUT2D eigenvalue weighted by atomic mass is 16.2. The van der Waals surface area contributed by atoms with E-state index in [-0.39, 0.29) is 5.91 Å². The standard InChI is InChI=1S/C13H19N3O/c14-11-5-4-6-12(9-11)15-10-13(17)16-7-2-1-3-8-16/h4-6,9,15H,1-3,7-8,10,14H2. The molecule has 0 spiro atoms. The summed E-state index contributed by atoms with van der Waals surface area (Å²) in [5, 5.41) is 3.11. The molecule has 1 fully saturated rings. The topological polar surface area (TPSA) is 58.4 Å². The number of likely N-dealkylation sites (tertiary alicyclic amines) is 1. The number of carbonyl (C=O) groups is 1. The van der Waals surface area contributed by atoms with Crippen molar-refractivity contribution in [1.29, 1.82) is 0 Å². The molecule has 0 saturated carbocycles. The molecule has 2 rings (SSSR count). The summed E-state index contributed by atoms with van der Waals surface area (Å²) in [5.74, 6) is 0.173. The number of nitrogens with two attached hydrogens (primary N) is 1. The van der Waals surface area contributed by atoms with Gasteiger partial charge in [-0.1, -0.05) is 6.07 Å². The Balaban J connectivity index is 1.83. The average Bonchev–Trinajstić information content (AvgIpc) is 2.37. The minimum atomic E-state index is 0.173. The zero-order chi connectivity index (χ0) is 12.1.